The van der Waals surface area contributed by atoms with Crippen LogP contribution in [0.2, 0.25) is 0 Å². The third-order valence-corrected chi connectivity index (χ3v) is 12.8. The minimum absolute atomic E-state index is 0.0102. The van der Waals surface area contributed by atoms with Gasteiger partial charge in [-0.25, -0.2) is 0 Å². The van der Waals surface area contributed by atoms with Crippen molar-refractivity contribution in [3.63, 3.8) is 0 Å². The minimum Gasteiger partial charge on any atom is -0.507 e. The molecule has 7 rings (SSSR count). The van der Waals surface area contributed by atoms with Gasteiger partial charge in [0.15, 0.2) is 5.78 Å². The Labute approximate surface area is 351 Å². The van der Waals surface area contributed by atoms with Crippen molar-refractivity contribution in [3.05, 3.63) is 70.3 Å². The Balaban J connectivity index is 0.749. The van der Waals surface area contributed by atoms with Gasteiger partial charge in [-0.2, -0.15) is 5.10 Å². The lowest BCUT2D eigenvalue weighted by atomic mass is 9.89. The number of rotatable bonds is 17. The predicted octanol–water partition coefficient (Wildman–Crippen LogP) is 5.47. The van der Waals surface area contributed by atoms with Gasteiger partial charge in [0.1, 0.15) is 28.6 Å². The lowest BCUT2D eigenvalue weighted by molar-refractivity contribution is -0.133. The average molecular weight is 822 g/mol. The zero-order valence-electron chi connectivity index (χ0n) is 35.0. The number of likely N-dealkylation sites (tertiary alicyclic amines) is 2. The number of aryl methyl sites for hydroxylation is 1. The van der Waals surface area contributed by atoms with Crippen LogP contribution in [0.25, 0.3) is 22.0 Å². The quantitative estimate of drug-likeness (QED) is 0.0784. The number of ketones is 3. The predicted molar refractivity (Wildman–Crippen MR) is 230 cm³/mol. The number of hydrogen-bond acceptors (Lipinski definition) is 11. The summed E-state index contributed by atoms with van der Waals surface area (Å²) in [4.78, 5) is 66.6. The Hall–Kier alpha value is -5.34. The molecule has 14 heteroatoms. The van der Waals surface area contributed by atoms with E-state index in [9.17, 15) is 29.1 Å². The number of ether oxygens (including phenoxy) is 1. The molecule has 0 radical (unpaired) electrons. The number of carbonyl (C=O) groups is 4. The molecule has 1 unspecified atom stereocenters. The number of phenols is 1. The molecule has 1 amide bonds. The van der Waals surface area contributed by atoms with E-state index in [1.165, 1.54) is 17.2 Å². The van der Waals surface area contributed by atoms with Crippen molar-refractivity contribution in [2.45, 2.75) is 95.6 Å². The summed E-state index contributed by atoms with van der Waals surface area (Å²) in [6.45, 7) is 5.01. The summed E-state index contributed by atoms with van der Waals surface area (Å²) in [5, 5.41) is 24.9. The molecule has 1 saturated carbocycles. The fraction of sp³-hybridized carbons (Fsp3) is 0.522. The Bertz CT molecular complexity index is 2220. The molecule has 2 aliphatic heterocycles. The first-order chi connectivity index (χ1) is 29.1. The lowest BCUT2D eigenvalue weighted by Crippen LogP contribution is -2.39. The molecule has 3 aliphatic rings. The monoisotopic (exact) mass is 821 g/mol. The van der Waals surface area contributed by atoms with Crippen LogP contribution in [0.4, 0.5) is 5.69 Å². The van der Waals surface area contributed by atoms with Gasteiger partial charge < -0.3 is 34.8 Å². The number of aromatic nitrogens is 3. The van der Waals surface area contributed by atoms with E-state index in [0.29, 0.717) is 72.5 Å². The number of benzene rings is 2. The summed E-state index contributed by atoms with van der Waals surface area (Å²) in [6, 6.07) is 11.6. The number of nitrogens with zero attached hydrogens (tertiary/aromatic N) is 4. The maximum absolute atomic E-state index is 13.0. The van der Waals surface area contributed by atoms with Crippen LogP contribution in [0.1, 0.15) is 94.1 Å². The SMILES string of the molecule is COc1cc(-c2cn(C)c(=O)c3[nH]ncc23)cc(O)c1CNCC(=O)CC1CCN(C(=O)CCCCCN2CCC(c3ccc(NC4CCC(=O)CC4=O)cc3)CC2)CC1. The maximum Gasteiger partial charge on any atom is 0.276 e. The second-order valence-corrected chi connectivity index (χ2v) is 16.9. The lowest BCUT2D eigenvalue weighted by Gasteiger charge is -2.32. The highest BCUT2D eigenvalue weighted by atomic mass is 16.5. The van der Waals surface area contributed by atoms with E-state index in [2.05, 4.69) is 50.0 Å². The normalized spacial score (nSPS) is 18.3. The van der Waals surface area contributed by atoms with Crippen molar-refractivity contribution < 1.29 is 29.0 Å². The number of phenolic OH excluding ortho intramolecular Hbond substituents is 1. The van der Waals surface area contributed by atoms with E-state index in [1.54, 1.807) is 25.5 Å². The second kappa shape index (κ2) is 19.8. The van der Waals surface area contributed by atoms with Crippen LogP contribution < -0.4 is 20.9 Å². The van der Waals surface area contributed by atoms with Gasteiger partial charge in [0.05, 0.1) is 32.3 Å². The number of amides is 1. The number of anilines is 1. The average Bonchev–Trinajstić information content (AvgIpc) is 3.75. The van der Waals surface area contributed by atoms with Crippen LogP contribution in [-0.2, 0) is 32.8 Å². The first-order valence-corrected chi connectivity index (χ1v) is 21.6. The van der Waals surface area contributed by atoms with Gasteiger partial charge in [0, 0.05) is 74.3 Å². The van der Waals surface area contributed by atoms with Crippen molar-refractivity contribution in [2.24, 2.45) is 13.0 Å². The van der Waals surface area contributed by atoms with Crippen molar-refractivity contribution in [1.29, 1.82) is 0 Å². The van der Waals surface area contributed by atoms with Crippen molar-refractivity contribution in [2.75, 3.05) is 51.7 Å². The number of nitrogens with one attached hydrogen (secondary N) is 3. The zero-order chi connectivity index (χ0) is 42.2. The molecular weight excluding hydrogens is 763 g/mol. The van der Waals surface area contributed by atoms with E-state index < -0.39 is 0 Å². The molecule has 4 N–H and O–H groups in total. The topological polar surface area (TPSA) is 179 Å². The summed E-state index contributed by atoms with van der Waals surface area (Å²) in [5.41, 5.74) is 4.40. The molecule has 1 atom stereocenters. The fourth-order valence-electron chi connectivity index (χ4n) is 9.15. The smallest absolute Gasteiger partial charge is 0.276 e. The number of hydrogen-bond donors (Lipinski definition) is 4. The first kappa shape index (κ1) is 42.8. The van der Waals surface area contributed by atoms with Crippen molar-refractivity contribution in [1.82, 2.24) is 29.9 Å². The number of aromatic amines is 1. The number of unbranched alkanes of at least 4 members (excludes halogenated alkanes) is 2. The maximum atomic E-state index is 13.0. The van der Waals surface area contributed by atoms with Crippen LogP contribution in [0, 0.1) is 5.92 Å². The third-order valence-electron chi connectivity index (χ3n) is 12.8. The van der Waals surface area contributed by atoms with E-state index in [-0.39, 0.29) is 66.0 Å². The molecule has 14 nitrogen and oxygen atoms in total. The highest BCUT2D eigenvalue weighted by molar-refractivity contribution is 6.05. The number of Topliss-reactive ketones (excluding diaryl/α,β-unsaturated/α-hetero) is 3. The van der Waals surface area contributed by atoms with Gasteiger partial charge in [-0.3, -0.25) is 29.1 Å². The highest BCUT2D eigenvalue weighted by Gasteiger charge is 2.28. The highest BCUT2D eigenvalue weighted by Crippen LogP contribution is 2.36. The third kappa shape index (κ3) is 10.5. The first-order valence-electron chi connectivity index (χ1n) is 21.6. The Morgan fingerprint density at radius 1 is 0.967 bits per heavy atom. The molecular formula is C46H59N7O7. The van der Waals surface area contributed by atoms with Crippen LogP contribution in [0.3, 0.4) is 0 Å². The number of aromatic hydroxyl groups is 1. The standard InChI is InChI=1S/C46H59N7O7/c1-51-29-39(37-28-48-50-45(37)46(51)59)33-23-41(56)38(43(24-33)60-2)27-47-26-36(55)22-30-13-20-53(21-14-30)44(58)6-4-3-5-17-52-18-15-32(16-19-52)31-7-9-34(10-8-31)49-40-12-11-35(54)25-42(40)57/h7-10,23-24,28-30,32,40,47,49,56H,3-6,11-22,25-27H2,1-2H3,(H,48,50). The van der Waals surface area contributed by atoms with Gasteiger partial charge in [-0.15, -0.1) is 0 Å². The van der Waals surface area contributed by atoms with E-state index in [1.807, 2.05) is 11.0 Å². The van der Waals surface area contributed by atoms with Gasteiger partial charge >= 0.3 is 0 Å². The molecule has 4 aromatic rings. The Morgan fingerprint density at radius 3 is 2.47 bits per heavy atom. The number of methoxy groups -OCH3 is 1. The molecule has 2 aromatic heterocycles. The minimum atomic E-state index is -0.266. The van der Waals surface area contributed by atoms with Crippen molar-refractivity contribution in [3.8, 4) is 22.6 Å². The van der Waals surface area contributed by atoms with Crippen LogP contribution >= 0.6 is 0 Å². The second-order valence-electron chi connectivity index (χ2n) is 16.9. The number of piperidine rings is 2. The largest absolute Gasteiger partial charge is 0.507 e. The summed E-state index contributed by atoms with van der Waals surface area (Å²) in [6.07, 6.45) is 12.3. The fourth-order valence-corrected chi connectivity index (χ4v) is 9.15. The van der Waals surface area contributed by atoms with E-state index >= 15 is 0 Å². The summed E-state index contributed by atoms with van der Waals surface area (Å²) in [5.74, 6) is 1.62. The number of H-pyrrole nitrogens is 1. The van der Waals surface area contributed by atoms with Crippen molar-refractivity contribution >= 4 is 39.8 Å². The molecule has 0 spiro atoms. The molecule has 2 aromatic carbocycles. The molecule has 1 aliphatic carbocycles. The van der Waals surface area contributed by atoms with Gasteiger partial charge in [-0.05, 0) is 112 Å². The number of carbonyl (C=O) groups excluding carboxylic acids is 4. The van der Waals surface area contributed by atoms with Gasteiger partial charge in [0.25, 0.3) is 5.56 Å². The van der Waals surface area contributed by atoms with Gasteiger partial charge in [0.2, 0.25) is 5.91 Å². The van der Waals surface area contributed by atoms with Crippen LogP contribution in [0.15, 0.2) is 53.6 Å². The summed E-state index contributed by atoms with van der Waals surface area (Å²) < 4.78 is 7.09. The molecule has 2 saturated heterocycles. The van der Waals surface area contributed by atoms with E-state index in [4.69, 9.17) is 4.74 Å². The van der Waals surface area contributed by atoms with Gasteiger partial charge in [-0.1, -0.05) is 18.6 Å². The Morgan fingerprint density at radius 2 is 1.73 bits per heavy atom. The molecule has 60 heavy (non-hydrogen) atoms. The van der Waals surface area contributed by atoms with E-state index in [0.717, 1.165) is 75.8 Å². The van der Waals surface area contributed by atoms with Crippen LogP contribution in [-0.4, -0.2) is 105 Å². The number of pyridine rings is 1. The summed E-state index contributed by atoms with van der Waals surface area (Å²) in [7, 11) is 3.19. The van der Waals surface area contributed by atoms with Crippen LogP contribution in [0.5, 0.6) is 11.5 Å². The molecule has 4 heterocycles. The number of fused-ring (bicyclic) bond motifs is 1. The molecule has 320 valence electrons. The Kier molecular flexibility index (Phi) is 14.1. The zero-order valence-corrected chi connectivity index (χ0v) is 35.0. The summed E-state index contributed by atoms with van der Waals surface area (Å²) >= 11 is 0. The molecule has 0 bridgehead atoms. The molecule has 3 fully saturated rings.